The Morgan fingerprint density at radius 1 is 1.00 bits per heavy atom. The Bertz CT molecular complexity index is 1160. The van der Waals surface area contributed by atoms with Crippen molar-refractivity contribution in [3.63, 3.8) is 0 Å². The summed E-state index contributed by atoms with van der Waals surface area (Å²) in [4.78, 5) is 40.7. The van der Waals surface area contributed by atoms with Crippen LogP contribution < -0.4 is 16.0 Å². The van der Waals surface area contributed by atoms with Crippen LogP contribution in [0.2, 0.25) is 0 Å². The number of pyridine rings is 1. The first-order chi connectivity index (χ1) is 17.5. The quantitative estimate of drug-likeness (QED) is 0.227. The third kappa shape index (κ3) is 8.12. The number of aromatic nitrogens is 1. The van der Waals surface area contributed by atoms with Gasteiger partial charge in [-0.2, -0.15) is 0 Å². The molecule has 1 atom stereocenters. The molecule has 2 amide bonds. The molecule has 3 aromatic rings. The van der Waals surface area contributed by atoms with Crippen molar-refractivity contribution in [2.24, 2.45) is 0 Å². The van der Waals surface area contributed by atoms with E-state index >= 15 is 0 Å². The van der Waals surface area contributed by atoms with Gasteiger partial charge in [0.15, 0.2) is 0 Å². The molecule has 1 unspecified atom stereocenters. The number of hydrogen-bond donors (Lipinski definition) is 4. The highest BCUT2D eigenvalue weighted by atomic mass is 16.5. The molecule has 2 aromatic carbocycles. The number of hydrogen-bond acceptors (Lipinski definition) is 7. The molecule has 0 radical (unpaired) electrons. The first-order valence-corrected chi connectivity index (χ1v) is 11.6. The lowest BCUT2D eigenvalue weighted by Gasteiger charge is -2.19. The second kappa shape index (κ2) is 13.5. The number of rotatable bonds is 12. The number of anilines is 1. The van der Waals surface area contributed by atoms with Crippen molar-refractivity contribution in [2.45, 2.75) is 25.3 Å². The molecule has 188 valence electrons. The summed E-state index contributed by atoms with van der Waals surface area (Å²) < 4.78 is 4.76. The number of aromatic hydroxyl groups is 1. The first-order valence-electron chi connectivity index (χ1n) is 11.6. The van der Waals surface area contributed by atoms with Gasteiger partial charge in [-0.25, -0.2) is 4.98 Å². The van der Waals surface area contributed by atoms with Crippen molar-refractivity contribution in [3.8, 4) is 16.9 Å². The van der Waals surface area contributed by atoms with Crippen LogP contribution in [0.3, 0.4) is 0 Å². The van der Waals surface area contributed by atoms with E-state index in [0.717, 1.165) is 11.4 Å². The van der Waals surface area contributed by atoms with Crippen molar-refractivity contribution in [3.05, 3.63) is 78.5 Å². The highest BCUT2D eigenvalue weighted by Crippen LogP contribution is 2.32. The van der Waals surface area contributed by atoms with Crippen LogP contribution in [-0.4, -0.2) is 48.1 Å². The minimum Gasteiger partial charge on any atom is -0.507 e. The van der Waals surface area contributed by atoms with Gasteiger partial charge in [0, 0.05) is 24.7 Å². The number of ether oxygens (including phenoxy) is 1. The number of nitrogens with one attached hydrogen (secondary N) is 3. The Kier molecular flexibility index (Phi) is 9.81. The zero-order valence-corrected chi connectivity index (χ0v) is 20.1. The van der Waals surface area contributed by atoms with Crippen LogP contribution >= 0.6 is 0 Å². The third-order valence-electron chi connectivity index (χ3n) is 5.44. The molecule has 36 heavy (non-hydrogen) atoms. The Labute approximate surface area is 209 Å². The predicted octanol–water partition coefficient (Wildman–Crippen LogP) is 3.18. The lowest BCUT2D eigenvalue weighted by atomic mass is 9.98. The molecule has 9 nitrogen and oxygen atoms in total. The number of benzene rings is 2. The summed E-state index contributed by atoms with van der Waals surface area (Å²) in [5.74, 6) is -0.485. The molecule has 3 rings (SSSR count). The number of nitrogens with zero attached hydrogens (tertiary/aromatic N) is 1. The molecule has 0 saturated heterocycles. The minimum absolute atomic E-state index is 0.0235. The second-order valence-corrected chi connectivity index (χ2v) is 8.07. The number of amides is 2. The normalized spacial score (nSPS) is 11.2. The van der Waals surface area contributed by atoms with Gasteiger partial charge in [0.25, 0.3) is 0 Å². The van der Waals surface area contributed by atoms with E-state index in [9.17, 15) is 19.5 Å². The fourth-order valence-corrected chi connectivity index (χ4v) is 3.57. The molecular formula is C27H30N4O5. The van der Waals surface area contributed by atoms with Gasteiger partial charge in [0.05, 0.1) is 26.1 Å². The van der Waals surface area contributed by atoms with Gasteiger partial charge in [0.1, 0.15) is 11.6 Å². The van der Waals surface area contributed by atoms with Crippen LogP contribution in [0.5, 0.6) is 5.75 Å². The highest BCUT2D eigenvalue weighted by molar-refractivity contribution is 5.85. The van der Waals surface area contributed by atoms with Crippen LogP contribution in [0.15, 0.2) is 72.9 Å². The van der Waals surface area contributed by atoms with E-state index in [1.807, 2.05) is 48.5 Å². The fraction of sp³-hybridized carbons (Fsp3) is 0.259. The maximum atomic E-state index is 12.5. The minimum atomic E-state index is -0.736. The monoisotopic (exact) mass is 490 g/mol. The number of carbonyl (C=O) groups is 3. The summed E-state index contributed by atoms with van der Waals surface area (Å²) in [6.45, 7) is 0.332. The molecule has 0 fully saturated rings. The predicted molar refractivity (Wildman–Crippen MR) is 136 cm³/mol. The maximum Gasteiger partial charge on any atom is 0.307 e. The van der Waals surface area contributed by atoms with Crippen LogP contribution in [-0.2, 0) is 19.1 Å². The largest absolute Gasteiger partial charge is 0.507 e. The van der Waals surface area contributed by atoms with E-state index in [1.165, 1.54) is 13.2 Å². The Hall–Kier alpha value is -4.40. The number of methoxy groups -OCH3 is 1. The average molecular weight is 491 g/mol. The standard InChI is InChI=1S/C27H30N4O5/c1-36-27(35)17-22(20-12-13-21(23(32)16-20)19-8-3-2-4-9-19)31-26(34)18-30-25(33)11-7-15-29-24-10-5-6-14-28-24/h2-6,8-10,12-14,16,22,32H,7,11,15,17-18H2,1H3,(H,28,29)(H,30,33)(H,31,34). The smallest absolute Gasteiger partial charge is 0.307 e. The number of phenolic OH excluding ortho intramolecular Hbond substituents is 1. The number of phenols is 1. The molecule has 0 aliphatic heterocycles. The van der Waals surface area contributed by atoms with Crippen molar-refractivity contribution in [1.29, 1.82) is 0 Å². The molecule has 0 aliphatic carbocycles. The van der Waals surface area contributed by atoms with Crippen LogP contribution in [0.1, 0.15) is 30.9 Å². The van der Waals surface area contributed by atoms with E-state index in [1.54, 1.807) is 18.3 Å². The molecular weight excluding hydrogens is 460 g/mol. The zero-order chi connectivity index (χ0) is 25.8. The van der Waals surface area contributed by atoms with Gasteiger partial charge < -0.3 is 25.8 Å². The van der Waals surface area contributed by atoms with Gasteiger partial charge in [-0.15, -0.1) is 0 Å². The van der Waals surface area contributed by atoms with Gasteiger partial charge in [0.2, 0.25) is 11.8 Å². The highest BCUT2D eigenvalue weighted by Gasteiger charge is 2.20. The molecule has 1 heterocycles. The van der Waals surface area contributed by atoms with Gasteiger partial charge in [-0.1, -0.05) is 48.5 Å². The van der Waals surface area contributed by atoms with Crippen LogP contribution in [0, 0.1) is 0 Å². The lowest BCUT2D eigenvalue weighted by Crippen LogP contribution is -2.39. The van der Waals surface area contributed by atoms with Crippen molar-refractivity contribution in [2.75, 3.05) is 25.5 Å². The van der Waals surface area contributed by atoms with E-state index < -0.39 is 17.9 Å². The maximum absolute atomic E-state index is 12.5. The fourth-order valence-electron chi connectivity index (χ4n) is 3.57. The van der Waals surface area contributed by atoms with Crippen molar-refractivity contribution in [1.82, 2.24) is 15.6 Å². The van der Waals surface area contributed by atoms with Crippen molar-refractivity contribution < 1.29 is 24.2 Å². The van der Waals surface area contributed by atoms with E-state index in [4.69, 9.17) is 4.74 Å². The van der Waals surface area contributed by atoms with E-state index in [0.29, 0.717) is 24.1 Å². The average Bonchev–Trinajstić information content (AvgIpc) is 2.90. The number of esters is 1. The molecule has 9 heteroatoms. The topological polar surface area (TPSA) is 130 Å². The number of carbonyl (C=O) groups excluding carboxylic acids is 3. The summed E-state index contributed by atoms with van der Waals surface area (Å²) in [6.07, 6.45) is 2.37. The second-order valence-electron chi connectivity index (χ2n) is 8.07. The van der Waals surface area contributed by atoms with E-state index in [-0.39, 0.29) is 31.0 Å². The molecule has 1 aromatic heterocycles. The Balaban J connectivity index is 1.53. The summed E-state index contributed by atoms with van der Waals surface area (Å²) >= 11 is 0. The van der Waals surface area contributed by atoms with Gasteiger partial charge in [-0.05, 0) is 35.7 Å². The molecule has 0 spiro atoms. The molecule has 0 saturated carbocycles. The summed E-state index contributed by atoms with van der Waals surface area (Å²) in [7, 11) is 1.26. The van der Waals surface area contributed by atoms with Gasteiger partial charge >= 0.3 is 5.97 Å². The molecule has 4 N–H and O–H groups in total. The molecule has 0 aliphatic rings. The first kappa shape index (κ1) is 26.2. The van der Waals surface area contributed by atoms with Gasteiger partial charge in [-0.3, -0.25) is 14.4 Å². The van der Waals surface area contributed by atoms with Crippen molar-refractivity contribution >= 4 is 23.6 Å². The van der Waals surface area contributed by atoms with Crippen LogP contribution in [0.4, 0.5) is 5.82 Å². The molecule has 0 bridgehead atoms. The van der Waals surface area contributed by atoms with E-state index in [2.05, 4.69) is 20.9 Å². The zero-order valence-electron chi connectivity index (χ0n) is 20.1. The lowest BCUT2D eigenvalue weighted by molar-refractivity contribution is -0.141. The Morgan fingerprint density at radius 3 is 2.47 bits per heavy atom. The summed E-state index contributed by atoms with van der Waals surface area (Å²) in [5, 5.41) is 19.0. The third-order valence-corrected chi connectivity index (χ3v) is 5.44. The SMILES string of the molecule is COC(=O)CC(NC(=O)CNC(=O)CCCNc1ccccn1)c1ccc(-c2ccccc2)c(O)c1. The summed E-state index contributed by atoms with van der Waals surface area (Å²) in [6, 6.07) is 19.2. The summed E-state index contributed by atoms with van der Waals surface area (Å²) in [5.41, 5.74) is 2.01. The Morgan fingerprint density at radius 2 is 1.78 bits per heavy atom. The van der Waals surface area contributed by atoms with Crippen LogP contribution in [0.25, 0.3) is 11.1 Å².